The molecule has 3 rings (SSSR count). The van der Waals surface area contributed by atoms with Crippen molar-refractivity contribution in [3.63, 3.8) is 0 Å². The molecule has 3 aromatic rings. The van der Waals surface area contributed by atoms with Gasteiger partial charge < -0.3 is 4.98 Å². The average molecular weight is 368 g/mol. The molecule has 0 saturated carbocycles. The smallest absolute Gasteiger partial charge is 0.182 e. The van der Waals surface area contributed by atoms with Crippen molar-refractivity contribution in [1.29, 1.82) is 0 Å². The second kappa shape index (κ2) is 5.02. The van der Waals surface area contributed by atoms with E-state index < -0.39 is 0 Å². The molecule has 5 heteroatoms. The van der Waals surface area contributed by atoms with Crippen LogP contribution in [0.4, 0.5) is 0 Å². The molecule has 0 saturated heterocycles. The summed E-state index contributed by atoms with van der Waals surface area (Å²) in [4.78, 5) is 3.24. The predicted octanol–water partition coefficient (Wildman–Crippen LogP) is 5.72. The molecule has 0 unspecified atom stereocenters. The van der Waals surface area contributed by atoms with Gasteiger partial charge in [0.15, 0.2) is 4.77 Å². The Kier molecular flexibility index (Phi) is 3.48. The Labute approximate surface area is 135 Å². The van der Waals surface area contributed by atoms with Crippen molar-refractivity contribution in [3.8, 4) is 5.69 Å². The third-order valence-corrected chi connectivity index (χ3v) is 4.63. The van der Waals surface area contributed by atoms with Gasteiger partial charge in [-0.15, -0.1) is 0 Å². The van der Waals surface area contributed by atoms with E-state index in [1.807, 2.05) is 23.6 Å². The van der Waals surface area contributed by atoms with Gasteiger partial charge in [-0.1, -0.05) is 17.7 Å². The highest BCUT2D eigenvalue weighted by atomic mass is 79.9. The molecule has 0 fully saturated rings. The Morgan fingerprint density at radius 2 is 1.95 bits per heavy atom. The largest absolute Gasteiger partial charge is 0.330 e. The fraction of sp³-hybridized carbons (Fsp3) is 0.133. The lowest BCUT2D eigenvalue weighted by Gasteiger charge is -2.10. The number of benzene rings is 2. The Bertz CT molecular complexity index is 879. The first-order valence-corrected chi connectivity index (χ1v) is 7.72. The number of rotatable bonds is 1. The highest BCUT2D eigenvalue weighted by Gasteiger charge is 2.11. The van der Waals surface area contributed by atoms with E-state index in [0.717, 1.165) is 31.8 Å². The Hall–Kier alpha value is -1.10. The van der Waals surface area contributed by atoms with Gasteiger partial charge in [0, 0.05) is 9.50 Å². The van der Waals surface area contributed by atoms with E-state index >= 15 is 0 Å². The molecule has 0 atom stereocenters. The average Bonchev–Trinajstić information content (AvgIpc) is 2.69. The van der Waals surface area contributed by atoms with Crippen LogP contribution in [0.5, 0.6) is 0 Å². The van der Waals surface area contributed by atoms with Crippen molar-refractivity contribution in [2.45, 2.75) is 13.8 Å². The minimum Gasteiger partial charge on any atom is -0.330 e. The number of H-pyrrole nitrogens is 1. The third-order valence-electron chi connectivity index (χ3n) is 3.31. The molecule has 0 aliphatic carbocycles. The van der Waals surface area contributed by atoms with Gasteiger partial charge in [0.05, 0.1) is 16.7 Å². The number of hydrogen-bond acceptors (Lipinski definition) is 1. The van der Waals surface area contributed by atoms with E-state index in [-0.39, 0.29) is 0 Å². The molecule has 0 bridgehead atoms. The Morgan fingerprint density at radius 3 is 2.70 bits per heavy atom. The maximum Gasteiger partial charge on any atom is 0.182 e. The SMILES string of the molecule is Cc1ccc2c(c1)[nH]c(=S)n2-c1cc(Cl)c(C)cc1Br. The van der Waals surface area contributed by atoms with Crippen LogP contribution in [-0.2, 0) is 0 Å². The van der Waals surface area contributed by atoms with Crippen molar-refractivity contribution in [3.05, 3.63) is 55.7 Å². The molecule has 0 spiro atoms. The predicted molar refractivity (Wildman–Crippen MR) is 90.6 cm³/mol. The van der Waals surface area contributed by atoms with Gasteiger partial charge in [0.25, 0.3) is 0 Å². The molecule has 1 heterocycles. The van der Waals surface area contributed by atoms with E-state index in [0.29, 0.717) is 4.77 Å². The number of hydrogen-bond donors (Lipinski definition) is 1. The molecular weight excluding hydrogens is 356 g/mol. The molecule has 2 aromatic carbocycles. The van der Waals surface area contributed by atoms with E-state index in [9.17, 15) is 0 Å². The zero-order valence-electron chi connectivity index (χ0n) is 11.0. The second-order valence-electron chi connectivity index (χ2n) is 4.84. The topological polar surface area (TPSA) is 20.7 Å². The molecule has 0 radical (unpaired) electrons. The Balaban J connectivity index is 2.38. The van der Waals surface area contributed by atoms with Crippen molar-refractivity contribution in [2.24, 2.45) is 0 Å². The maximum atomic E-state index is 6.25. The van der Waals surface area contributed by atoms with Crippen molar-refractivity contribution in [2.75, 3.05) is 0 Å². The van der Waals surface area contributed by atoms with Gasteiger partial charge in [-0.2, -0.15) is 0 Å². The van der Waals surface area contributed by atoms with Crippen LogP contribution in [0.3, 0.4) is 0 Å². The van der Waals surface area contributed by atoms with Crippen LogP contribution >= 0.6 is 39.7 Å². The molecule has 2 nitrogen and oxygen atoms in total. The minimum atomic E-state index is 0.659. The van der Waals surface area contributed by atoms with Crippen LogP contribution in [0, 0.1) is 18.6 Å². The quantitative estimate of drug-likeness (QED) is 0.545. The first kappa shape index (κ1) is 13.9. The highest BCUT2D eigenvalue weighted by molar-refractivity contribution is 9.10. The molecule has 1 aromatic heterocycles. The highest BCUT2D eigenvalue weighted by Crippen LogP contribution is 2.30. The summed E-state index contributed by atoms with van der Waals surface area (Å²) in [5.41, 5.74) is 5.24. The summed E-state index contributed by atoms with van der Waals surface area (Å²) in [6, 6.07) is 10.2. The lowest BCUT2D eigenvalue weighted by molar-refractivity contribution is 1.05. The molecule has 1 N–H and O–H groups in total. The van der Waals surface area contributed by atoms with E-state index in [1.54, 1.807) is 0 Å². The summed E-state index contributed by atoms with van der Waals surface area (Å²) >= 11 is 15.3. The number of aromatic amines is 1. The van der Waals surface area contributed by atoms with Crippen LogP contribution in [0.25, 0.3) is 16.7 Å². The Morgan fingerprint density at radius 1 is 1.20 bits per heavy atom. The van der Waals surface area contributed by atoms with E-state index in [2.05, 4.69) is 46.0 Å². The van der Waals surface area contributed by atoms with Crippen LogP contribution in [-0.4, -0.2) is 9.55 Å². The molecule has 0 aliphatic rings. The number of aromatic nitrogens is 2. The van der Waals surface area contributed by atoms with E-state index in [4.69, 9.17) is 23.8 Å². The molecule has 0 aliphatic heterocycles. The van der Waals surface area contributed by atoms with Crippen LogP contribution in [0.2, 0.25) is 5.02 Å². The fourth-order valence-electron chi connectivity index (χ4n) is 2.27. The number of imidazole rings is 1. The molecule has 0 amide bonds. The zero-order chi connectivity index (χ0) is 14.4. The number of nitrogens with zero attached hydrogens (tertiary/aromatic N) is 1. The fourth-order valence-corrected chi connectivity index (χ4v) is 3.37. The lowest BCUT2D eigenvalue weighted by Crippen LogP contribution is -1.96. The molecular formula is C15H12BrClN2S. The first-order valence-electron chi connectivity index (χ1n) is 6.15. The summed E-state index contributed by atoms with van der Waals surface area (Å²) < 4.78 is 3.63. The summed E-state index contributed by atoms with van der Waals surface area (Å²) in [6.45, 7) is 4.04. The van der Waals surface area contributed by atoms with Crippen LogP contribution in [0.15, 0.2) is 34.8 Å². The summed E-state index contributed by atoms with van der Waals surface area (Å²) in [7, 11) is 0. The van der Waals surface area contributed by atoms with Gasteiger partial charge in [-0.05, 0) is 77.4 Å². The monoisotopic (exact) mass is 366 g/mol. The first-order chi connectivity index (χ1) is 9.47. The maximum absolute atomic E-state index is 6.25. The van der Waals surface area contributed by atoms with Gasteiger partial charge in [-0.25, -0.2) is 0 Å². The number of halogens is 2. The van der Waals surface area contributed by atoms with Crippen molar-refractivity contribution < 1.29 is 0 Å². The van der Waals surface area contributed by atoms with Gasteiger partial charge in [0.1, 0.15) is 0 Å². The van der Waals surface area contributed by atoms with Crippen LogP contribution in [0.1, 0.15) is 11.1 Å². The number of aryl methyl sites for hydroxylation is 2. The lowest BCUT2D eigenvalue weighted by atomic mass is 10.2. The molecule has 102 valence electrons. The zero-order valence-corrected chi connectivity index (χ0v) is 14.2. The van der Waals surface area contributed by atoms with Crippen molar-refractivity contribution in [1.82, 2.24) is 9.55 Å². The van der Waals surface area contributed by atoms with Gasteiger partial charge in [0.2, 0.25) is 0 Å². The normalized spacial score (nSPS) is 11.2. The standard InChI is InChI=1S/C15H12BrClN2S/c1-8-3-4-13-12(5-8)18-15(20)19(13)14-7-11(17)9(2)6-10(14)16/h3-7H,1-2H3,(H,18,20). The third kappa shape index (κ3) is 2.22. The van der Waals surface area contributed by atoms with E-state index in [1.165, 1.54) is 5.56 Å². The minimum absolute atomic E-state index is 0.659. The van der Waals surface area contributed by atoms with Gasteiger partial charge in [-0.3, -0.25) is 4.57 Å². The number of fused-ring (bicyclic) bond motifs is 1. The summed E-state index contributed by atoms with van der Waals surface area (Å²) in [5.74, 6) is 0. The number of nitrogens with one attached hydrogen (secondary N) is 1. The molecule has 20 heavy (non-hydrogen) atoms. The van der Waals surface area contributed by atoms with Crippen LogP contribution < -0.4 is 0 Å². The second-order valence-corrected chi connectivity index (χ2v) is 6.49. The van der Waals surface area contributed by atoms with Crippen molar-refractivity contribution >= 4 is 50.8 Å². The van der Waals surface area contributed by atoms with Gasteiger partial charge >= 0.3 is 0 Å². The summed E-state index contributed by atoms with van der Waals surface area (Å²) in [5, 5.41) is 0.728. The summed E-state index contributed by atoms with van der Waals surface area (Å²) in [6.07, 6.45) is 0.